The average Bonchev–Trinajstić information content (AvgIpc) is 3.03. The zero-order valence-electron chi connectivity index (χ0n) is 13.4. The van der Waals surface area contributed by atoms with Gasteiger partial charge in [0.25, 0.3) is 0 Å². The summed E-state index contributed by atoms with van der Waals surface area (Å²) in [7, 11) is 0. The summed E-state index contributed by atoms with van der Waals surface area (Å²) < 4.78 is 5.38. The first-order chi connectivity index (χ1) is 12.2. The Balaban J connectivity index is 1.56. The van der Waals surface area contributed by atoms with Crippen LogP contribution in [0.1, 0.15) is 5.56 Å². The van der Waals surface area contributed by atoms with Crippen molar-refractivity contribution in [1.82, 2.24) is 9.97 Å². The summed E-state index contributed by atoms with van der Waals surface area (Å²) >= 11 is 6.46. The van der Waals surface area contributed by atoms with Crippen LogP contribution in [0.25, 0.3) is 11.0 Å². The molecule has 25 heavy (non-hydrogen) atoms. The highest BCUT2D eigenvalue weighted by Crippen LogP contribution is 2.30. The number of morpholine rings is 1. The first-order valence-electron chi connectivity index (χ1n) is 8.02. The van der Waals surface area contributed by atoms with E-state index in [1.165, 1.54) is 0 Å². The van der Waals surface area contributed by atoms with Crippen molar-refractivity contribution in [2.24, 2.45) is 0 Å². The lowest BCUT2D eigenvalue weighted by Crippen LogP contribution is -2.36. The van der Waals surface area contributed by atoms with Crippen molar-refractivity contribution in [3.05, 3.63) is 47.0 Å². The number of halogens is 1. The van der Waals surface area contributed by atoms with Crippen LogP contribution in [-0.2, 0) is 4.74 Å². The smallest absolute Gasteiger partial charge is 0.205 e. The number of benzene rings is 2. The average molecular weight is 354 g/mol. The van der Waals surface area contributed by atoms with Gasteiger partial charge in [-0.05, 0) is 36.4 Å². The molecule has 0 spiro atoms. The second-order valence-corrected chi connectivity index (χ2v) is 6.23. The topological polar surface area (TPSA) is 77.0 Å². The molecule has 0 amide bonds. The molecule has 1 saturated heterocycles. The number of rotatable bonds is 3. The molecule has 0 atom stereocenters. The van der Waals surface area contributed by atoms with E-state index in [0.717, 1.165) is 48.7 Å². The molecule has 2 aromatic carbocycles. The molecule has 0 unspecified atom stereocenters. The zero-order valence-corrected chi connectivity index (χ0v) is 14.2. The molecule has 0 radical (unpaired) electrons. The van der Waals surface area contributed by atoms with Crippen LogP contribution in [0.4, 0.5) is 17.3 Å². The van der Waals surface area contributed by atoms with Gasteiger partial charge in [0.1, 0.15) is 0 Å². The summed E-state index contributed by atoms with van der Waals surface area (Å²) in [5, 5.41) is 12.9. The van der Waals surface area contributed by atoms with Crippen molar-refractivity contribution in [2.75, 3.05) is 36.5 Å². The summed E-state index contributed by atoms with van der Waals surface area (Å²) in [6, 6.07) is 13.4. The number of hydrogen-bond donors (Lipinski definition) is 2. The van der Waals surface area contributed by atoms with Gasteiger partial charge in [0, 0.05) is 18.8 Å². The maximum Gasteiger partial charge on any atom is 0.205 e. The van der Waals surface area contributed by atoms with E-state index in [1.807, 2.05) is 24.3 Å². The predicted octanol–water partition coefficient (Wildman–Crippen LogP) is 3.67. The van der Waals surface area contributed by atoms with Crippen molar-refractivity contribution in [2.45, 2.75) is 0 Å². The fraction of sp³-hybridized carbons (Fsp3) is 0.222. The number of aromatic amines is 1. The molecule has 2 heterocycles. The fourth-order valence-corrected chi connectivity index (χ4v) is 3.22. The monoisotopic (exact) mass is 353 g/mol. The molecular weight excluding hydrogens is 338 g/mol. The summed E-state index contributed by atoms with van der Waals surface area (Å²) in [6.45, 7) is 3.13. The first-order valence-corrected chi connectivity index (χ1v) is 8.40. The number of nitriles is 1. The third-order valence-electron chi connectivity index (χ3n) is 4.17. The second-order valence-electron chi connectivity index (χ2n) is 5.82. The highest BCUT2D eigenvalue weighted by molar-refractivity contribution is 6.33. The lowest BCUT2D eigenvalue weighted by molar-refractivity contribution is 0.122. The Labute approximate surface area is 150 Å². The van der Waals surface area contributed by atoms with Crippen molar-refractivity contribution in [3.63, 3.8) is 0 Å². The molecule has 2 N–H and O–H groups in total. The Bertz CT molecular complexity index is 956. The maximum atomic E-state index is 8.98. The van der Waals surface area contributed by atoms with Crippen molar-refractivity contribution >= 4 is 40.0 Å². The number of ether oxygens (including phenoxy) is 1. The minimum atomic E-state index is 0.598. The van der Waals surface area contributed by atoms with Gasteiger partial charge in [-0.3, -0.25) is 0 Å². The molecule has 7 heteroatoms. The van der Waals surface area contributed by atoms with Gasteiger partial charge in [0.15, 0.2) is 0 Å². The van der Waals surface area contributed by atoms with Crippen LogP contribution in [0, 0.1) is 11.3 Å². The highest BCUT2D eigenvalue weighted by atomic mass is 35.5. The minimum Gasteiger partial charge on any atom is -0.378 e. The van der Waals surface area contributed by atoms with E-state index in [0.29, 0.717) is 16.5 Å². The molecule has 1 fully saturated rings. The summed E-state index contributed by atoms with van der Waals surface area (Å²) in [4.78, 5) is 9.87. The van der Waals surface area contributed by atoms with Crippen LogP contribution < -0.4 is 10.2 Å². The van der Waals surface area contributed by atoms with Gasteiger partial charge in [-0.25, -0.2) is 4.98 Å². The standard InChI is InChI=1S/C18H16ClN5O/c19-14-10-13(2-4-17(14)24-5-7-25-8-6-24)21-18-22-15-3-1-12(11-20)9-16(15)23-18/h1-4,9-10H,5-8H2,(H2,21,22,23). The Morgan fingerprint density at radius 3 is 2.80 bits per heavy atom. The first kappa shape index (κ1) is 15.8. The minimum absolute atomic E-state index is 0.598. The molecule has 1 aromatic heterocycles. The fourth-order valence-electron chi connectivity index (χ4n) is 2.92. The van der Waals surface area contributed by atoms with Crippen LogP contribution in [0.2, 0.25) is 5.02 Å². The van der Waals surface area contributed by atoms with Crippen molar-refractivity contribution in [1.29, 1.82) is 5.26 Å². The number of aromatic nitrogens is 2. The van der Waals surface area contributed by atoms with Crippen LogP contribution >= 0.6 is 11.6 Å². The number of H-pyrrole nitrogens is 1. The van der Waals surface area contributed by atoms with Crippen molar-refractivity contribution in [3.8, 4) is 6.07 Å². The Morgan fingerprint density at radius 2 is 2.04 bits per heavy atom. The Morgan fingerprint density at radius 1 is 1.20 bits per heavy atom. The van der Waals surface area contributed by atoms with E-state index >= 15 is 0 Å². The number of anilines is 3. The van der Waals surface area contributed by atoms with E-state index in [2.05, 4.69) is 26.3 Å². The van der Waals surface area contributed by atoms with Crippen molar-refractivity contribution < 1.29 is 4.74 Å². The van der Waals surface area contributed by atoms with E-state index in [1.54, 1.807) is 12.1 Å². The lowest BCUT2D eigenvalue weighted by atomic mass is 10.2. The van der Waals surface area contributed by atoms with Gasteiger partial charge in [0.2, 0.25) is 5.95 Å². The van der Waals surface area contributed by atoms with Gasteiger partial charge in [-0.1, -0.05) is 11.6 Å². The molecule has 0 bridgehead atoms. The van der Waals surface area contributed by atoms with Crippen LogP contribution in [0.15, 0.2) is 36.4 Å². The molecule has 0 aliphatic carbocycles. The van der Waals surface area contributed by atoms with Crippen LogP contribution in [0.3, 0.4) is 0 Å². The van der Waals surface area contributed by atoms with E-state index in [9.17, 15) is 0 Å². The summed E-state index contributed by atoms with van der Waals surface area (Å²) in [5.41, 5.74) is 4.08. The zero-order chi connectivity index (χ0) is 17.2. The summed E-state index contributed by atoms with van der Waals surface area (Å²) in [6.07, 6.45) is 0. The van der Waals surface area contributed by atoms with E-state index in [-0.39, 0.29) is 0 Å². The SMILES string of the molecule is N#Cc1ccc2nc(Nc3ccc(N4CCOCC4)c(Cl)c3)[nH]c2c1. The summed E-state index contributed by atoms with van der Waals surface area (Å²) in [5.74, 6) is 0.611. The molecule has 126 valence electrons. The Kier molecular flexibility index (Phi) is 4.18. The third kappa shape index (κ3) is 3.25. The number of imidazole rings is 1. The normalized spacial score (nSPS) is 14.5. The largest absolute Gasteiger partial charge is 0.378 e. The van der Waals surface area contributed by atoms with Gasteiger partial charge >= 0.3 is 0 Å². The maximum absolute atomic E-state index is 8.98. The van der Waals surface area contributed by atoms with Gasteiger partial charge in [-0.2, -0.15) is 5.26 Å². The Hall–Kier alpha value is -2.75. The molecular formula is C18H16ClN5O. The lowest BCUT2D eigenvalue weighted by Gasteiger charge is -2.29. The molecule has 0 saturated carbocycles. The van der Waals surface area contributed by atoms with Gasteiger partial charge in [0.05, 0.1) is 46.6 Å². The predicted molar refractivity (Wildman–Crippen MR) is 98.6 cm³/mol. The quantitative estimate of drug-likeness (QED) is 0.751. The van der Waals surface area contributed by atoms with E-state index in [4.69, 9.17) is 21.6 Å². The van der Waals surface area contributed by atoms with Gasteiger partial charge in [-0.15, -0.1) is 0 Å². The van der Waals surface area contributed by atoms with Gasteiger partial charge < -0.3 is 19.9 Å². The van der Waals surface area contributed by atoms with Crippen LogP contribution in [0.5, 0.6) is 0 Å². The van der Waals surface area contributed by atoms with Crippen LogP contribution in [-0.4, -0.2) is 36.3 Å². The number of nitrogens with one attached hydrogen (secondary N) is 2. The molecule has 4 rings (SSSR count). The number of fused-ring (bicyclic) bond motifs is 1. The molecule has 3 aromatic rings. The van der Waals surface area contributed by atoms with E-state index < -0.39 is 0 Å². The highest BCUT2D eigenvalue weighted by Gasteiger charge is 2.14. The molecule has 1 aliphatic heterocycles. The molecule has 6 nitrogen and oxygen atoms in total. The second kappa shape index (κ2) is 6.63. The molecule has 1 aliphatic rings. The third-order valence-corrected chi connectivity index (χ3v) is 4.48. The number of hydrogen-bond acceptors (Lipinski definition) is 5. The number of nitrogens with zero attached hydrogens (tertiary/aromatic N) is 3.